The first-order valence-electron chi connectivity index (χ1n) is 6.74. The molecule has 0 spiro atoms. The Kier molecular flexibility index (Phi) is 3.38. The third-order valence-corrected chi connectivity index (χ3v) is 3.79. The van der Waals surface area contributed by atoms with Gasteiger partial charge in [0.05, 0.1) is 17.3 Å². The normalized spacial score (nSPS) is 16.1. The fourth-order valence-electron chi connectivity index (χ4n) is 2.67. The van der Waals surface area contributed by atoms with Gasteiger partial charge in [-0.25, -0.2) is 13.8 Å². The van der Waals surface area contributed by atoms with Crippen molar-refractivity contribution in [1.82, 2.24) is 14.8 Å². The minimum Gasteiger partial charge on any atom is -0.383 e. The molecule has 0 atom stereocenters. The predicted octanol–water partition coefficient (Wildman–Crippen LogP) is 3.58. The highest BCUT2D eigenvalue weighted by atomic mass is 19.3. The summed E-state index contributed by atoms with van der Waals surface area (Å²) in [5.41, 5.74) is 6.45. The van der Waals surface area contributed by atoms with E-state index in [0.29, 0.717) is 17.3 Å². The third-order valence-electron chi connectivity index (χ3n) is 3.79. The lowest BCUT2D eigenvalue weighted by Gasteiger charge is -2.09. The summed E-state index contributed by atoms with van der Waals surface area (Å²) in [4.78, 5) is 3.83. The summed E-state index contributed by atoms with van der Waals surface area (Å²) in [5, 5.41) is 4.48. The molecule has 6 heteroatoms. The zero-order chi connectivity index (χ0) is 14.1. The van der Waals surface area contributed by atoms with E-state index in [1.54, 1.807) is 0 Å². The highest BCUT2D eigenvalue weighted by Gasteiger charge is 2.19. The quantitative estimate of drug-likeness (QED) is 0.933. The van der Waals surface area contributed by atoms with E-state index >= 15 is 0 Å². The van der Waals surface area contributed by atoms with E-state index in [1.807, 2.05) is 16.9 Å². The average molecular weight is 278 g/mol. The Labute approximate surface area is 115 Å². The van der Waals surface area contributed by atoms with E-state index in [2.05, 4.69) is 10.1 Å². The van der Waals surface area contributed by atoms with E-state index in [0.717, 1.165) is 12.8 Å². The molecule has 1 saturated carbocycles. The second-order valence-corrected chi connectivity index (χ2v) is 5.12. The van der Waals surface area contributed by atoms with E-state index in [1.165, 1.54) is 25.1 Å². The topological polar surface area (TPSA) is 56.7 Å². The number of nitrogen functional groups attached to an aromatic ring is 1. The van der Waals surface area contributed by atoms with Crippen LogP contribution in [-0.4, -0.2) is 14.8 Å². The maximum absolute atomic E-state index is 12.8. The van der Waals surface area contributed by atoms with E-state index in [4.69, 9.17) is 5.73 Å². The molecule has 0 amide bonds. The second kappa shape index (κ2) is 5.19. The van der Waals surface area contributed by atoms with Crippen molar-refractivity contribution < 1.29 is 8.78 Å². The van der Waals surface area contributed by atoms with Crippen molar-refractivity contribution in [2.75, 3.05) is 5.73 Å². The van der Waals surface area contributed by atoms with Gasteiger partial charge in [-0.1, -0.05) is 12.8 Å². The van der Waals surface area contributed by atoms with Gasteiger partial charge < -0.3 is 5.73 Å². The third kappa shape index (κ3) is 2.37. The van der Waals surface area contributed by atoms with Gasteiger partial charge in [-0.15, -0.1) is 0 Å². The Balaban J connectivity index is 1.91. The second-order valence-electron chi connectivity index (χ2n) is 5.12. The minimum absolute atomic E-state index is 0.126. The fourth-order valence-corrected chi connectivity index (χ4v) is 2.67. The SMILES string of the molecule is Nc1ncc(-c2ccn(C3CCCC3)n2)cc1C(F)F. The monoisotopic (exact) mass is 278 g/mol. The molecule has 2 heterocycles. The smallest absolute Gasteiger partial charge is 0.267 e. The fraction of sp³-hybridized carbons (Fsp3) is 0.429. The van der Waals surface area contributed by atoms with Crippen LogP contribution in [0.15, 0.2) is 24.5 Å². The molecule has 0 radical (unpaired) electrons. The highest BCUT2D eigenvalue weighted by molar-refractivity contribution is 5.61. The Hall–Kier alpha value is -1.98. The van der Waals surface area contributed by atoms with Crippen molar-refractivity contribution in [3.05, 3.63) is 30.1 Å². The molecule has 2 aromatic rings. The van der Waals surface area contributed by atoms with Gasteiger partial charge in [-0.3, -0.25) is 4.68 Å². The van der Waals surface area contributed by atoms with Gasteiger partial charge in [-0.2, -0.15) is 5.10 Å². The molecule has 0 saturated heterocycles. The van der Waals surface area contributed by atoms with Gasteiger partial charge >= 0.3 is 0 Å². The Morgan fingerprint density at radius 2 is 2.05 bits per heavy atom. The van der Waals surface area contributed by atoms with Crippen molar-refractivity contribution in [1.29, 1.82) is 0 Å². The van der Waals surface area contributed by atoms with Gasteiger partial charge in [0.25, 0.3) is 6.43 Å². The first-order chi connectivity index (χ1) is 9.65. The summed E-state index contributed by atoms with van der Waals surface area (Å²) < 4.78 is 27.6. The van der Waals surface area contributed by atoms with Crippen LogP contribution in [-0.2, 0) is 0 Å². The summed E-state index contributed by atoms with van der Waals surface area (Å²) in [6, 6.07) is 3.63. The predicted molar refractivity (Wildman–Crippen MR) is 72.3 cm³/mol. The molecular weight excluding hydrogens is 262 g/mol. The number of halogens is 2. The Bertz CT molecular complexity index is 603. The first kappa shape index (κ1) is 13.0. The number of alkyl halides is 2. The molecule has 3 rings (SSSR count). The lowest BCUT2D eigenvalue weighted by Crippen LogP contribution is -2.05. The van der Waals surface area contributed by atoms with Crippen LogP contribution >= 0.6 is 0 Å². The zero-order valence-electron chi connectivity index (χ0n) is 11.0. The van der Waals surface area contributed by atoms with Crippen molar-refractivity contribution in [2.45, 2.75) is 38.2 Å². The van der Waals surface area contributed by atoms with E-state index < -0.39 is 6.43 Å². The standard InChI is InChI=1S/C14H16F2N4/c15-13(16)11-7-9(8-18-14(11)17)12-5-6-20(19-12)10-3-1-2-4-10/h5-8,10,13H,1-4H2,(H2,17,18). The van der Waals surface area contributed by atoms with Crippen LogP contribution in [0.5, 0.6) is 0 Å². The lowest BCUT2D eigenvalue weighted by atomic mass is 10.1. The number of hydrogen-bond acceptors (Lipinski definition) is 3. The number of rotatable bonds is 3. The lowest BCUT2D eigenvalue weighted by molar-refractivity contribution is 0.152. The maximum atomic E-state index is 12.8. The van der Waals surface area contributed by atoms with Gasteiger partial charge in [-0.05, 0) is 25.0 Å². The van der Waals surface area contributed by atoms with Crippen molar-refractivity contribution in [3.63, 3.8) is 0 Å². The minimum atomic E-state index is -2.63. The molecule has 0 unspecified atom stereocenters. The van der Waals surface area contributed by atoms with Crippen LogP contribution in [0.2, 0.25) is 0 Å². The molecule has 20 heavy (non-hydrogen) atoms. The molecule has 1 fully saturated rings. The van der Waals surface area contributed by atoms with Crippen molar-refractivity contribution in [2.24, 2.45) is 0 Å². The maximum Gasteiger partial charge on any atom is 0.267 e. The van der Waals surface area contributed by atoms with Crippen LogP contribution in [0, 0.1) is 0 Å². The molecule has 2 aromatic heterocycles. The first-order valence-corrected chi connectivity index (χ1v) is 6.74. The van der Waals surface area contributed by atoms with Crippen LogP contribution in [0.25, 0.3) is 11.3 Å². The van der Waals surface area contributed by atoms with E-state index in [9.17, 15) is 8.78 Å². The zero-order valence-corrected chi connectivity index (χ0v) is 11.0. The molecular formula is C14H16F2N4. The summed E-state index contributed by atoms with van der Waals surface area (Å²) in [5.74, 6) is -0.126. The van der Waals surface area contributed by atoms with Crippen molar-refractivity contribution in [3.8, 4) is 11.3 Å². The van der Waals surface area contributed by atoms with Crippen LogP contribution < -0.4 is 5.73 Å². The Morgan fingerprint density at radius 1 is 1.30 bits per heavy atom. The van der Waals surface area contributed by atoms with Gasteiger partial charge in [0.15, 0.2) is 0 Å². The number of hydrogen-bond donors (Lipinski definition) is 1. The number of anilines is 1. The number of aromatic nitrogens is 3. The van der Waals surface area contributed by atoms with Crippen LogP contribution in [0.4, 0.5) is 14.6 Å². The highest BCUT2D eigenvalue weighted by Crippen LogP contribution is 2.31. The average Bonchev–Trinajstić information content (AvgIpc) is 3.09. The number of pyridine rings is 1. The molecule has 0 aliphatic heterocycles. The number of nitrogens with two attached hydrogens (primary N) is 1. The summed E-state index contributed by atoms with van der Waals surface area (Å²) in [7, 11) is 0. The van der Waals surface area contributed by atoms with E-state index in [-0.39, 0.29) is 11.4 Å². The Morgan fingerprint density at radius 3 is 2.75 bits per heavy atom. The summed E-state index contributed by atoms with van der Waals surface area (Å²) in [6.45, 7) is 0. The summed E-state index contributed by atoms with van der Waals surface area (Å²) in [6.07, 6.45) is 5.47. The van der Waals surface area contributed by atoms with Gasteiger partial charge in [0.1, 0.15) is 5.82 Å². The van der Waals surface area contributed by atoms with Crippen LogP contribution in [0.3, 0.4) is 0 Å². The molecule has 0 aromatic carbocycles. The molecule has 106 valence electrons. The molecule has 2 N–H and O–H groups in total. The van der Waals surface area contributed by atoms with Gasteiger partial charge in [0, 0.05) is 18.0 Å². The largest absolute Gasteiger partial charge is 0.383 e. The summed E-state index contributed by atoms with van der Waals surface area (Å²) >= 11 is 0. The molecule has 1 aliphatic carbocycles. The molecule has 1 aliphatic rings. The number of nitrogens with zero attached hydrogens (tertiary/aromatic N) is 3. The van der Waals surface area contributed by atoms with Crippen LogP contribution in [0.1, 0.15) is 43.7 Å². The van der Waals surface area contributed by atoms with Crippen molar-refractivity contribution >= 4 is 5.82 Å². The van der Waals surface area contributed by atoms with Gasteiger partial charge in [0.2, 0.25) is 0 Å². The molecule has 0 bridgehead atoms. The molecule has 4 nitrogen and oxygen atoms in total.